The Hall–Kier alpha value is -2.67. The maximum absolute atomic E-state index is 6.29. The summed E-state index contributed by atoms with van der Waals surface area (Å²) in [4.78, 5) is 11.0. The zero-order valence-electron chi connectivity index (χ0n) is 18.5. The number of pyridine rings is 1. The number of nitrogens with one attached hydrogen (secondary N) is 2. The van der Waals surface area contributed by atoms with Crippen LogP contribution in [0, 0.1) is 0 Å². The Morgan fingerprint density at radius 1 is 1.23 bits per heavy atom. The van der Waals surface area contributed by atoms with Crippen LogP contribution < -0.4 is 25.0 Å². The third-order valence-corrected chi connectivity index (χ3v) is 5.40. The van der Waals surface area contributed by atoms with E-state index in [2.05, 4.69) is 37.6 Å². The van der Waals surface area contributed by atoms with Crippen molar-refractivity contribution in [2.24, 2.45) is 4.99 Å². The minimum atomic E-state index is 0.291. The molecule has 0 amide bonds. The Kier molecular flexibility index (Phi) is 8.64. The molecule has 2 heterocycles. The molecule has 2 N–H and O–H groups in total. The minimum absolute atomic E-state index is 0.291. The van der Waals surface area contributed by atoms with Crippen molar-refractivity contribution in [3.05, 3.63) is 47.1 Å². The smallest absolute Gasteiger partial charge is 0.191 e. The maximum Gasteiger partial charge on any atom is 0.191 e. The summed E-state index contributed by atoms with van der Waals surface area (Å²) in [7, 11) is 1.79. The molecule has 1 aliphatic heterocycles. The number of aromatic nitrogens is 1. The van der Waals surface area contributed by atoms with Gasteiger partial charge in [0, 0.05) is 38.9 Å². The summed E-state index contributed by atoms with van der Waals surface area (Å²) >= 11 is 6.29. The number of anilines is 1. The van der Waals surface area contributed by atoms with Crippen LogP contribution in [0.3, 0.4) is 0 Å². The van der Waals surface area contributed by atoms with Crippen molar-refractivity contribution < 1.29 is 9.47 Å². The van der Waals surface area contributed by atoms with Crippen LogP contribution >= 0.6 is 11.6 Å². The molecule has 2 aromatic rings. The standard InChI is InChI=1S/C23H32ClN5O2/c1-4-30-20-9-8-17(15-21(20)31-5-2)10-13-27-23(25-3)28-18-11-14-29(16-18)22-19(24)7-6-12-26-22/h6-9,12,15,18H,4-5,10-11,13-14,16H2,1-3H3,(H2,25,27,28). The Morgan fingerprint density at radius 3 is 2.77 bits per heavy atom. The van der Waals surface area contributed by atoms with Crippen LogP contribution in [0.1, 0.15) is 25.8 Å². The fourth-order valence-electron chi connectivity index (χ4n) is 3.64. The molecule has 1 unspecified atom stereocenters. The maximum atomic E-state index is 6.29. The third kappa shape index (κ3) is 6.40. The van der Waals surface area contributed by atoms with E-state index in [-0.39, 0.29) is 0 Å². The fourth-order valence-corrected chi connectivity index (χ4v) is 3.89. The van der Waals surface area contributed by atoms with Crippen LogP contribution in [-0.4, -0.2) is 56.9 Å². The molecule has 1 aromatic heterocycles. The van der Waals surface area contributed by atoms with Crippen LogP contribution in [-0.2, 0) is 6.42 Å². The minimum Gasteiger partial charge on any atom is -0.490 e. The number of benzene rings is 1. The van der Waals surface area contributed by atoms with Gasteiger partial charge in [0.2, 0.25) is 0 Å². The van der Waals surface area contributed by atoms with Crippen molar-refractivity contribution in [1.82, 2.24) is 15.6 Å². The van der Waals surface area contributed by atoms with Gasteiger partial charge < -0.3 is 25.0 Å². The average molecular weight is 446 g/mol. The van der Waals surface area contributed by atoms with E-state index in [1.165, 1.54) is 5.56 Å². The summed E-state index contributed by atoms with van der Waals surface area (Å²) < 4.78 is 11.4. The van der Waals surface area contributed by atoms with E-state index >= 15 is 0 Å². The molecule has 7 nitrogen and oxygen atoms in total. The van der Waals surface area contributed by atoms with Gasteiger partial charge in [-0.05, 0) is 56.5 Å². The molecule has 1 atom stereocenters. The van der Waals surface area contributed by atoms with E-state index < -0.39 is 0 Å². The van der Waals surface area contributed by atoms with Gasteiger partial charge in [-0.1, -0.05) is 17.7 Å². The second-order valence-corrected chi connectivity index (χ2v) is 7.69. The van der Waals surface area contributed by atoms with Crippen molar-refractivity contribution in [2.75, 3.05) is 44.8 Å². The highest BCUT2D eigenvalue weighted by Gasteiger charge is 2.25. The summed E-state index contributed by atoms with van der Waals surface area (Å²) in [6.07, 6.45) is 3.64. The molecule has 3 rings (SSSR count). The lowest BCUT2D eigenvalue weighted by Gasteiger charge is -2.20. The summed E-state index contributed by atoms with van der Waals surface area (Å²) in [6.45, 7) is 7.70. The number of ether oxygens (including phenoxy) is 2. The van der Waals surface area contributed by atoms with Gasteiger partial charge in [0.05, 0.1) is 18.2 Å². The van der Waals surface area contributed by atoms with E-state index in [0.29, 0.717) is 24.3 Å². The van der Waals surface area contributed by atoms with Gasteiger partial charge in [0.25, 0.3) is 0 Å². The number of hydrogen-bond acceptors (Lipinski definition) is 5. The Balaban J connectivity index is 1.49. The van der Waals surface area contributed by atoms with Crippen LogP contribution in [0.15, 0.2) is 41.5 Å². The Labute approximate surface area is 189 Å². The summed E-state index contributed by atoms with van der Waals surface area (Å²) in [5.74, 6) is 3.23. The van der Waals surface area contributed by atoms with Gasteiger partial charge in [0.1, 0.15) is 5.82 Å². The van der Waals surface area contributed by atoms with Crippen molar-refractivity contribution in [3.63, 3.8) is 0 Å². The molecule has 1 saturated heterocycles. The number of aliphatic imine (C=N–C) groups is 1. The first-order valence-corrected chi connectivity index (χ1v) is 11.2. The second kappa shape index (κ2) is 11.6. The number of hydrogen-bond donors (Lipinski definition) is 2. The van der Waals surface area contributed by atoms with Gasteiger partial charge in [-0.2, -0.15) is 0 Å². The first kappa shape index (κ1) is 23.0. The van der Waals surface area contributed by atoms with Crippen LogP contribution in [0.4, 0.5) is 5.82 Å². The topological polar surface area (TPSA) is 71.0 Å². The molecule has 8 heteroatoms. The monoisotopic (exact) mass is 445 g/mol. The van der Waals surface area contributed by atoms with Crippen LogP contribution in [0.25, 0.3) is 0 Å². The fraction of sp³-hybridized carbons (Fsp3) is 0.478. The summed E-state index contributed by atoms with van der Waals surface area (Å²) in [5, 5.41) is 7.61. The van der Waals surface area contributed by atoms with Gasteiger partial charge in [-0.15, -0.1) is 0 Å². The molecule has 168 valence electrons. The molecule has 1 aliphatic rings. The lowest BCUT2D eigenvalue weighted by Crippen LogP contribution is -2.45. The highest BCUT2D eigenvalue weighted by atomic mass is 35.5. The predicted octanol–water partition coefficient (Wildman–Crippen LogP) is 3.52. The molecular weight excluding hydrogens is 414 g/mol. The van der Waals surface area contributed by atoms with E-state index in [4.69, 9.17) is 21.1 Å². The summed E-state index contributed by atoms with van der Waals surface area (Å²) in [5.41, 5.74) is 1.19. The second-order valence-electron chi connectivity index (χ2n) is 7.28. The number of nitrogens with zero attached hydrogens (tertiary/aromatic N) is 3. The average Bonchev–Trinajstić information content (AvgIpc) is 3.23. The van der Waals surface area contributed by atoms with Crippen molar-refractivity contribution in [3.8, 4) is 11.5 Å². The molecule has 0 radical (unpaired) electrons. The SMILES string of the molecule is CCOc1ccc(CCNC(=NC)NC2CCN(c3ncccc3Cl)C2)cc1OCC. The van der Waals surface area contributed by atoms with E-state index in [9.17, 15) is 0 Å². The van der Waals surface area contributed by atoms with Crippen LogP contribution in [0.2, 0.25) is 5.02 Å². The number of halogens is 1. The molecule has 0 spiro atoms. The molecular formula is C23H32ClN5O2. The number of rotatable bonds is 9. The van der Waals surface area contributed by atoms with Crippen molar-refractivity contribution in [2.45, 2.75) is 32.7 Å². The normalized spacial score (nSPS) is 16.3. The first-order valence-electron chi connectivity index (χ1n) is 10.9. The molecule has 31 heavy (non-hydrogen) atoms. The quantitative estimate of drug-likeness (QED) is 0.454. The zero-order chi connectivity index (χ0) is 22.1. The zero-order valence-corrected chi connectivity index (χ0v) is 19.3. The molecule has 1 aromatic carbocycles. The highest BCUT2D eigenvalue weighted by molar-refractivity contribution is 6.32. The molecule has 0 bridgehead atoms. The highest BCUT2D eigenvalue weighted by Crippen LogP contribution is 2.29. The van der Waals surface area contributed by atoms with E-state index in [0.717, 1.165) is 55.8 Å². The predicted molar refractivity (Wildman–Crippen MR) is 127 cm³/mol. The van der Waals surface area contributed by atoms with E-state index in [1.54, 1.807) is 13.2 Å². The third-order valence-electron chi connectivity index (χ3n) is 5.11. The molecule has 0 aliphatic carbocycles. The van der Waals surface area contributed by atoms with Crippen LogP contribution in [0.5, 0.6) is 11.5 Å². The first-order chi connectivity index (χ1) is 15.1. The van der Waals surface area contributed by atoms with Gasteiger partial charge >= 0.3 is 0 Å². The van der Waals surface area contributed by atoms with Gasteiger partial charge in [0.15, 0.2) is 17.5 Å². The lowest BCUT2D eigenvalue weighted by molar-refractivity contribution is 0.287. The van der Waals surface area contributed by atoms with Crippen molar-refractivity contribution >= 4 is 23.4 Å². The molecule has 0 saturated carbocycles. The largest absolute Gasteiger partial charge is 0.490 e. The van der Waals surface area contributed by atoms with E-state index in [1.807, 2.05) is 32.0 Å². The van der Waals surface area contributed by atoms with Crippen molar-refractivity contribution in [1.29, 1.82) is 0 Å². The Morgan fingerprint density at radius 2 is 2.03 bits per heavy atom. The van der Waals surface area contributed by atoms with Gasteiger partial charge in [-0.25, -0.2) is 4.98 Å². The Bertz CT molecular complexity index is 877. The lowest BCUT2D eigenvalue weighted by atomic mass is 10.1. The molecule has 1 fully saturated rings. The summed E-state index contributed by atoms with van der Waals surface area (Å²) in [6, 6.07) is 10.1. The van der Waals surface area contributed by atoms with Gasteiger partial charge in [-0.3, -0.25) is 4.99 Å². The number of guanidine groups is 1.